The molecule has 0 aliphatic carbocycles. The molecule has 0 heterocycles. The molecule has 0 fully saturated rings. The van der Waals surface area contributed by atoms with Crippen molar-refractivity contribution < 1.29 is 9.53 Å². The van der Waals surface area contributed by atoms with Crippen LogP contribution in [-0.2, 0) is 16.0 Å². The van der Waals surface area contributed by atoms with E-state index in [1.54, 1.807) is 0 Å². The maximum atomic E-state index is 11.2. The quantitative estimate of drug-likeness (QED) is 0.761. The molecule has 0 saturated carbocycles. The number of allylic oxidation sites excluding steroid dienone is 2. The molecule has 1 aromatic carbocycles. The molecule has 1 rings (SSSR count). The zero-order valence-corrected chi connectivity index (χ0v) is 11.2. The van der Waals surface area contributed by atoms with Crippen molar-refractivity contribution in [3.8, 4) is 0 Å². The van der Waals surface area contributed by atoms with Crippen molar-refractivity contribution in [1.29, 1.82) is 0 Å². The average molecular weight is 253 g/mol. The Morgan fingerprint density at radius 2 is 2.18 bits per heavy atom. The lowest BCUT2D eigenvalue weighted by atomic mass is 10.0. The number of ether oxygens (including phenoxy) is 1. The van der Waals surface area contributed by atoms with Gasteiger partial charge < -0.3 is 4.74 Å². The van der Waals surface area contributed by atoms with Crippen LogP contribution in [0.1, 0.15) is 31.4 Å². The van der Waals surface area contributed by atoms with Gasteiger partial charge in [0.1, 0.15) is 0 Å². The molecule has 3 heteroatoms. The topological polar surface area (TPSA) is 26.3 Å². The Morgan fingerprint density at radius 3 is 2.65 bits per heavy atom. The molecule has 0 unspecified atom stereocenters. The summed E-state index contributed by atoms with van der Waals surface area (Å²) in [4.78, 5) is 11.2. The van der Waals surface area contributed by atoms with Crippen molar-refractivity contribution >= 4 is 23.1 Å². The van der Waals surface area contributed by atoms with Crippen LogP contribution in [0.4, 0.5) is 0 Å². The van der Waals surface area contributed by atoms with Gasteiger partial charge in [-0.15, -0.1) is 0 Å². The summed E-state index contributed by atoms with van der Waals surface area (Å²) in [6.07, 6.45) is 3.25. The Bertz CT molecular complexity index is 436. The van der Waals surface area contributed by atoms with E-state index < -0.39 is 0 Å². The highest BCUT2D eigenvalue weighted by atomic mass is 35.5. The highest BCUT2D eigenvalue weighted by molar-refractivity contribution is 6.31. The van der Waals surface area contributed by atoms with Crippen LogP contribution in [-0.4, -0.2) is 13.1 Å². The second-order valence-corrected chi connectivity index (χ2v) is 4.13. The van der Waals surface area contributed by atoms with E-state index in [9.17, 15) is 4.79 Å². The fourth-order valence-corrected chi connectivity index (χ4v) is 1.94. The zero-order valence-electron chi connectivity index (χ0n) is 10.4. The van der Waals surface area contributed by atoms with Gasteiger partial charge in [-0.05, 0) is 36.1 Å². The fourth-order valence-electron chi connectivity index (χ4n) is 1.69. The SMILES string of the molecule is CC=C(CC)c1ccc(CC(=O)OC)c(Cl)c1. The molecular weight excluding hydrogens is 236 g/mol. The number of halogens is 1. The molecule has 0 amide bonds. The number of rotatable bonds is 4. The summed E-state index contributed by atoms with van der Waals surface area (Å²) in [5.41, 5.74) is 3.15. The van der Waals surface area contributed by atoms with Crippen molar-refractivity contribution in [3.05, 3.63) is 40.4 Å². The van der Waals surface area contributed by atoms with E-state index in [4.69, 9.17) is 11.6 Å². The first-order valence-electron chi connectivity index (χ1n) is 5.63. The molecule has 1 aromatic rings. The number of methoxy groups -OCH3 is 1. The van der Waals surface area contributed by atoms with Gasteiger partial charge in [-0.1, -0.05) is 36.7 Å². The fraction of sp³-hybridized carbons (Fsp3) is 0.357. The lowest BCUT2D eigenvalue weighted by molar-refractivity contribution is -0.139. The van der Waals surface area contributed by atoms with E-state index >= 15 is 0 Å². The average Bonchev–Trinajstić information content (AvgIpc) is 2.33. The Morgan fingerprint density at radius 1 is 1.47 bits per heavy atom. The van der Waals surface area contributed by atoms with Crippen LogP contribution in [0.25, 0.3) is 5.57 Å². The van der Waals surface area contributed by atoms with Crippen LogP contribution in [0, 0.1) is 0 Å². The largest absolute Gasteiger partial charge is 0.469 e. The minimum absolute atomic E-state index is 0.215. The first-order chi connectivity index (χ1) is 8.12. The molecule has 0 spiro atoms. The Labute approximate surface area is 107 Å². The molecule has 0 atom stereocenters. The van der Waals surface area contributed by atoms with Gasteiger partial charge in [0.05, 0.1) is 13.5 Å². The van der Waals surface area contributed by atoms with Gasteiger partial charge in [0, 0.05) is 5.02 Å². The number of carbonyl (C=O) groups is 1. The van der Waals surface area contributed by atoms with E-state index in [2.05, 4.69) is 17.7 Å². The third kappa shape index (κ3) is 3.60. The van der Waals surface area contributed by atoms with Crippen molar-refractivity contribution in [1.82, 2.24) is 0 Å². The summed E-state index contributed by atoms with van der Waals surface area (Å²) in [5, 5.41) is 0.612. The highest BCUT2D eigenvalue weighted by Crippen LogP contribution is 2.24. The molecule has 92 valence electrons. The van der Waals surface area contributed by atoms with Gasteiger partial charge in [0.15, 0.2) is 0 Å². The molecular formula is C14H17ClO2. The third-order valence-electron chi connectivity index (χ3n) is 2.72. The number of hydrogen-bond donors (Lipinski definition) is 0. The molecule has 0 aromatic heterocycles. The minimum Gasteiger partial charge on any atom is -0.469 e. The molecule has 0 aliphatic heterocycles. The summed E-state index contributed by atoms with van der Waals surface area (Å²) >= 11 is 6.15. The first kappa shape index (κ1) is 13.8. The van der Waals surface area contributed by atoms with Crippen LogP contribution < -0.4 is 0 Å². The van der Waals surface area contributed by atoms with Crippen LogP contribution >= 0.6 is 11.6 Å². The lowest BCUT2D eigenvalue weighted by Gasteiger charge is -2.08. The maximum absolute atomic E-state index is 11.2. The van der Waals surface area contributed by atoms with Crippen LogP contribution in [0.2, 0.25) is 5.02 Å². The van der Waals surface area contributed by atoms with Gasteiger partial charge in [0.2, 0.25) is 0 Å². The van der Waals surface area contributed by atoms with Crippen LogP contribution in [0.5, 0.6) is 0 Å². The summed E-state index contributed by atoms with van der Waals surface area (Å²) < 4.78 is 4.62. The van der Waals surface area contributed by atoms with E-state index in [-0.39, 0.29) is 12.4 Å². The van der Waals surface area contributed by atoms with Gasteiger partial charge in [-0.3, -0.25) is 4.79 Å². The molecule has 0 N–H and O–H groups in total. The Hall–Kier alpha value is -1.28. The first-order valence-corrected chi connectivity index (χ1v) is 6.01. The van der Waals surface area contributed by atoms with Crippen molar-refractivity contribution in [2.75, 3.05) is 7.11 Å². The van der Waals surface area contributed by atoms with Gasteiger partial charge in [-0.25, -0.2) is 0 Å². The van der Waals surface area contributed by atoms with Crippen molar-refractivity contribution in [2.45, 2.75) is 26.7 Å². The summed E-state index contributed by atoms with van der Waals surface area (Å²) in [7, 11) is 1.37. The lowest BCUT2D eigenvalue weighted by Crippen LogP contribution is -2.05. The van der Waals surface area contributed by atoms with Gasteiger partial charge in [-0.2, -0.15) is 0 Å². The van der Waals surface area contributed by atoms with E-state index in [0.29, 0.717) is 5.02 Å². The second-order valence-electron chi connectivity index (χ2n) is 3.73. The number of benzene rings is 1. The Balaban J connectivity index is 2.97. The van der Waals surface area contributed by atoms with Crippen molar-refractivity contribution in [2.24, 2.45) is 0 Å². The number of esters is 1. The molecule has 2 nitrogen and oxygen atoms in total. The monoisotopic (exact) mass is 252 g/mol. The minimum atomic E-state index is -0.276. The van der Waals surface area contributed by atoms with E-state index in [0.717, 1.165) is 17.5 Å². The molecule has 0 aliphatic rings. The van der Waals surface area contributed by atoms with Crippen LogP contribution in [0.3, 0.4) is 0 Å². The van der Waals surface area contributed by atoms with Crippen molar-refractivity contribution in [3.63, 3.8) is 0 Å². The summed E-state index contributed by atoms with van der Waals surface area (Å²) in [6, 6.07) is 5.77. The standard InChI is InChI=1S/C14H17ClO2/c1-4-10(5-2)11-6-7-12(13(15)8-11)9-14(16)17-3/h4,6-8H,5,9H2,1-3H3. The predicted molar refractivity (Wildman–Crippen MR) is 71.1 cm³/mol. The van der Waals surface area contributed by atoms with Crippen LogP contribution in [0.15, 0.2) is 24.3 Å². The molecule has 0 radical (unpaired) electrons. The molecule has 0 bridgehead atoms. The smallest absolute Gasteiger partial charge is 0.310 e. The summed E-state index contributed by atoms with van der Waals surface area (Å²) in [6.45, 7) is 4.11. The van der Waals surface area contributed by atoms with Gasteiger partial charge >= 0.3 is 5.97 Å². The van der Waals surface area contributed by atoms with Gasteiger partial charge in [0.25, 0.3) is 0 Å². The number of hydrogen-bond acceptors (Lipinski definition) is 2. The summed E-state index contributed by atoms with van der Waals surface area (Å²) in [5.74, 6) is -0.276. The number of carbonyl (C=O) groups excluding carboxylic acids is 1. The van der Waals surface area contributed by atoms with E-state index in [1.165, 1.54) is 12.7 Å². The van der Waals surface area contributed by atoms with E-state index in [1.807, 2.05) is 25.1 Å². The predicted octanol–water partition coefficient (Wildman–Crippen LogP) is 3.87. The highest BCUT2D eigenvalue weighted by Gasteiger charge is 2.08. The Kier molecular flexibility index (Phi) is 5.23. The maximum Gasteiger partial charge on any atom is 0.310 e. The third-order valence-corrected chi connectivity index (χ3v) is 3.07. The molecule has 0 saturated heterocycles. The second kappa shape index (κ2) is 6.45. The molecule has 17 heavy (non-hydrogen) atoms. The normalized spacial score (nSPS) is 11.4. The zero-order chi connectivity index (χ0) is 12.8.